The lowest BCUT2D eigenvalue weighted by Crippen LogP contribution is -2.40. The van der Waals surface area contributed by atoms with Crippen LogP contribution in [0.4, 0.5) is 0 Å². The van der Waals surface area contributed by atoms with Crippen molar-refractivity contribution in [3.05, 3.63) is 37.9 Å². The molecule has 3 aliphatic rings. The maximum Gasteiger partial charge on any atom is 0.161 e. The Labute approximate surface area is 184 Å². The van der Waals surface area contributed by atoms with E-state index < -0.39 is 24.4 Å². The Bertz CT molecular complexity index is 982. The number of carboxylic acids is 1. The molecule has 2 unspecified atom stereocenters. The molecule has 0 radical (unpaired) electrons. The second-order valence-electron chi connectivity index (χ2n) is 7.48. The molecule has 6 nitrogen and oxygen atoms in total. The molecule has 1 aliphatic heterocycles. The van der Waals surface area contributed by atoms with Gasteiger partial charge in [0.1, 0.15) is 18.1 Å². The fourth-order valence-electron chi connectivity index (χ4n) is 4.53. The first-order valence-corrected chi connectivity index (χ1v) is 11.1. The molecule has 1 fully saturated rings. The molecule has 1 aromatic rings. The van der Waals surface area contributed by atoms with E-state index in [9.17, 15) is 19.5 Å². The molecule has 1 aromatic carbocycles. The van der Waals surface area contributed by atoms with Crippen LogP contribution in [0.25, 0.3) is 0 Å². The highest BCUT2D eigenvalue weighted by Gasteiger charge is 2.45. The van der Waals surface area contributed by atoms with Crippen molar-refractivity contribution in [2.24, 2.45) is 10.9 Å². The van der Waals surface area contributed by atoms with Gasteiger partial charge in [-0.15, -0.1) is 0 Å². The quantitative estimate of drug-likeness (QED) is 0.603. The summed E-state index contributed by atoms with van der Waals surface area (Å²) in [4.78, 5) is 41.6. The lowest BCUT2D eigenvalue weighted by atomic mass is 9.67. The number of hydrogen-bond donors (Lipinski definition) is 0. The zero-order valence-electron chi connectivity index (χ0n) is 15.5. The van der Waals surface area contributed by atoms with Crippen LogP contribution in [0.5, 0.6) is 5.75 Å². The molecule has 8 heteroatoms. The third-order valence-electron chi connectivity index (χ3n) is 5.62. The SMILES string of the molecule is O=C([O-])COc1c(Br)cc(Br)cc1C1C2=C(CCCC2=O)N=C2CCCC(=O)C21. The molecule has 1 saturated carbocycles. The number of carboxylic acid groups (broad SMARTS) is 1. The number of halogens is 2. The minimum absolute atomic E-state index is 0.000581. The summed E-state index contributed by atoms with van der Waals surface area (Å²) in [6.07, 6.45) is 3.80. The van der Waals surface area contributed by atoms with Gasteiger partial charge in [0.15, 0.2) is 5.78 Å². The molecule has 0 N–H and O–H groups in total. The summed E-state index contributed by atoms with van der Waals surface area (Å²) >= 11 is 6.91. The molecule has 0 bridgehead atoms. The highest BCUT2D eigenvalue weighted by Crippen LogP contribution is 2.50. The zero-order chi connectivity index (χ0) is 20.7. The van der Waals surface area contributed by atoms with Crippen LogP contribution in [-0.2, 0) is 14.4 Å². The lowest BCUT2D eigenvalue weighted by Gasteiger charge is -2.38. The van der Waals surface area contributed by atoms with E-state index in [1.807, 2.05) is 0 Å². The van der Waals surface area contributed by atoms with Gasteiger partial charge in [0.25, 0.3) is 0 Å². The van der Waals surface area contributed by atoms with Gasteiger partial charge in [-0.05, 0) is 53.7 Å². The number of carbonyl (C=O) groups excluding carboxylic acids is 3. The standard InChI is InChI=1S/C21H19Br2NO5/c22-10-7-11(21(12(23)8-10)29-9-17(27)28)18-19-13(3-1-5-15(19)25)24-14-4-2-6-16(26)20(14)18/h7-8,18-19H,1-6,9H2,(H,27,28)/p-1. The number of ketones is 2. The fraction of sp³-hybridized carbons (Fsp3) is 0.429. The van der Waals surface area contributed by atoms with Crippen molar-refractivity contribution < 1.29 is 24.2 Å². The van der Waals surface area contributed by atoms with Crippen molar-refractivity contribution in [3.63, 3.8) is 0 Å². The van der Waals surface area contributed by atoms with Gasteiger partial charge in [-0.25, -0.2) is 0 Å². The van der Waals surface area contributed by atoms with E-state index in [1.54, 1.807) is 12.1 Å². The zero-order valence-corrected chi connectivity index (χ0v) is 18.7. The normalized spacial score (nSPS) is 24.0. The number of ether oxygens (including phenoxy) is 1. The number of Topliss-reactive ketones (excluding diaryl/α,β-unsaturated/α-hetero) is 2. The molecular formula is C21H18Br2NO5-. The molecule has 0 aromatic heterocycles. The average Bonchev–Trinajstić information content (AvgIpc) is 2.65. The van der Waals surface area contributed by atoms with Crippen LogP contribution in [-0.4, -0.2) is 29.9 Å². The number of rotatable bonds is 4. The summed E-state index contributed by atoms with van der Waals surface area (Å²) in [5.74, 6) is -2.02. The van der Waals surface area contributed by atoms with Crippen LogP contribution in [0.3, 0.4) is 0 Å². The summed E-state index contributed by atoms with van der Waals surface area (Å²) in [6.45, 7) is -0.626. The molecule has 0 amide bonds. The largest absolute Gasteiger partial charge is 0.546 e. The lowest BCUT2D eigenvalue weighted by molar-refractivity contribution is -0.307. The number of benzene rings is 1. The van der Waals surface area contributed by atoms with E-state index in [0.29, 0.717) is 40.6 Å². The molecular weight excluding hydrogens is 506 g/mol. The Morgan fingerprint density at radius 1 is 1.10 bits per heavy atom. The van der Waals surface area contributed by atoms with E-state index in [-0.39, 0.29) is 11.6 Å². The second-order valence-corrected chi connectivity index (χ2v) is 9.25. The number of nitrogens with zero attached hydrogens (tertiary/aromatic N) is 1. The average molecular weight is 524 g/mol. The summed E-state index contributed by atoms with van der Waals surface area (Å²) < 4.78 is 6.83. The van der Waals surface area contributed by atoms with Gasteiger partial charge in [-0.2, -0.15) is 0 Å². The van der Waals surface area contributed by atoms with Gasteiger partial charge in [-0.1, -0.05) is 15.9 Å². The number of allylic oxidation sites excluding steroid dienone is 2. The molecule has 2 aliphatic carbocycles. The topological polar surface area (TPSA) is 95.9 Å². The Morgan fingerprint density at radius 2 is 1.86 bits per heavy atom. The predicted octanol–water partition coefficient (Wildman–Crippen LogP) is 3.25. The molecule has 1 heterocycles. The van der Waals surface area contributed by atoms with Crippen molar-refractivity contribution in [1.29, 1.82) is 0 Å². The third-order valence-corrected chi connectivity index (χ3v) is 6.67. The smallest absolute Gasteiger partial charge is 0.161 e. The fourth-order valence-corrected chi connectivity index (χ4v) is 5.90. The van der Waals surface area contributed by atoms with Crippen LogP contribution < -0.4 is 9.84 Å². The van der Waals surface area contributed by atoms with Gasteiger partial charge in [0.05, 0.1) is 16.4 Å². The van der Waals surface area contributed by atoms with Crippen molar-refractivity contribution in [2.45, 2.75) is 44.4 Å². The first-order valence-electron chi connectivity index (χ1n) is 9.54. The van der Waals surface area contributed by atoms with Crippen LogP contribution in [0.15, 0.2) is 37.3 Å². The number of fused-ring (bicyclic) bond motifs is 1. The van der Waals surface area contributed by atoms with E-state index in [1.165, 1.54) is 0 Å². The summed E-state index contributed by atoms with van der Waals surface area (Å²) in [5.41, 5.74) is 2.77. The summed E-state index contributed by atoms with van der Waals surface area (Å²) in [7, 11) is 0. The molecule has 0 saturated heterocycles. The molecule has 2 atom stereocenters. The Morgan fingerprint density at radius 3 is 2.62 bits per heavy atom. The van der Waals surface area contributed by atoms with E-state index in [0.717, 1.165) is 35.1 Å². The second kappa shape index (κ2) is 8.14. The highest BCUT2D eigenvalue weighted by atomic mass is 79.9. The van der Waals surface area contributed by atoms with Crippen molar-refractivity contribution in [3.8, 4) is 5.75 Å². The van der Waals surface area contributed by atoms with Gasteiger partial charge < -0.3 is 14.6 Å². The van der Waals surface area contributed by atoms with Gasteiger partial charge in [0.2, 0.25) is 0 Å². The monoisotopic (exact) mass is 522 g/mol. The van der Waals surface area contributed by atoms with E-state index in [2.05, 4.69) is 31.9 Å². The van der Waals surface area contributed by atoms with Crippen molar-refractivity contribution >= 4 is 55.1 Å². The maximum absolute atomic E-state index is 13.0. The molecule has 0 spiro atoms. The number of carbonyl (C=O) groups is 3. The van der Waals surface area contributed by atoms with Crippen molar-refractivity contribution in [1.82, 2.24) is 0 Å². The van der Waals surface area contributed by atoms with Gasteiger partial charge in [0, 0.05) is 45.8 Å². The summed E-state index contributed by atoms with van der Waals surface area (Å²) in [5, 5.41) is 11.0. The van der Waals surface area contributed by atoms with E-state index >= 15 is 0 Å². The van der Waals surface area contributed by atoms with Crippen LogP contribution in [0, 0.1) is 5.92 Å². The number of hydrogen-bond acceptors (Lipinski definition) is 6. The van der Waals surface area contributed by atoms with Crippen LogP contribution in [0.1, 0.15) is 50.0 Å². The minimum atomic E-state index is -1.35. The highest BCUT2D eigenvalue weighted by molar-refractivity contribution is 9.11. The predicted molar refractivity (Wildman–Crippen MR) is 111 cm³/mol. The van der Waals surface area contributed by atoms with Crippen molar-refractivity contribution in [2.75, 3.05) is 6.61 Å². The Kier molecular flexibility index (Phi) is 5.75. The Balaban J connectivity index is 1.92. The number of aliphatic carboxylic acids is 1. The van der Waals surface area contributed by atoms with Crippen LogP contribution >= 0.6 is 31.9 Å². The number of aliphatic imine (C=N–C) groups is 1. The molecule has 29 heavy (non-hydrogen) atoms. The summed E-state index contributed by atoms with van der Waals surface area (Å²) in [6, 6.07) is 3.55. The van der Waals surface area contributed by atoms with E-state index in [4.69, 9.17) is 9.73 Å². The Hall–Kier alpha value is -1.80. The van der Waals surface area contributed by atoms with Gasteiger partial charge >= 0.3 is 0 Å². The van der Waals surface area contributed by atoms with Gasteiger partial charge in [-0.3, -0.25) is 14.6 Å². The van der Waals surface area contributed by atoms with Crippen LogP contribution in [0.2, 0.25) is 0 Å². The first-order chi connectivity index (χ1) is 13.9. The maximum atomic E-state index is 13.0. The molecule has 4 rings (SSSR count). The third kappa shape index (κ3) is 3.84. The first kappa shape index (κ1) is 20.5. The minimum Gasteiger partial charge on any atom is -0.546 e. The molecule has 152 valence electrons.